The number of aromatic nitrogens is 4. The van der Waals surface area contributed by atoms with Crippen LogP contribution in [-0.2, 0) is 6.54 Å². The lowest BCUT2D eigenvalue weighted by Gasteiger charge is -2.06. The van der Waals surface area contributed by atoms with Gasteiger partial charge in [-0.05, 0) is 55.7 Å². The third-order valence-corrected chi connectivity index (χ3v) is 5.41. The predicted octanol–water partition coefficient (Wildman–Crippen LogP) is 4.21. The fourth-order valence-electron chi connectivity index (χ4n) is 3.45. The van der Waals surface area contributed by atoms with Crippen molar-refractivity contribution >= 4 is 10.9 Å². The molecule has 0 saturated heterocycles. The van der Waals surface area contributed by atoms with Crippen molar-refractivity contribution in [1.82, 2.24) is 19.7 Å². The summed E-state index contributed by atoms with van der Waals surface area (Å²) >= 11 is 0. The molecular formula is C23H24N4O3. The van der Waals surface area contributed by atoms with Gasteiger partial charge in [-0.3, -0.25) is 9.36 Å². The first-order valence-corrected chi connectivity index (χ1v) is 10.2. The van der Waals surface area contributed by atoms with Crippen molar-refractivity contribution in [2.45, 2.75) is 46.6 Å². The van der Waals surface area contributed by atoms with Crippen LogP contribution < -0.4 is 11.2 Å². The largest absolute Gasteiger partial charge is 0.334 e. The van der Waals surface area contributed by atoms with Crippen molar-refractivity contribution in [2.24, 2.45) is 0 Å². The van der Waals surface area contributed by atoms with Crippen LogP contribution in [0.15, 0.2) is 50.5 Å². The number of aryl methyl sites for hydroxylation is 2. The number of hydrogen-bond acceptors (Lipinski definition) is 5. The van der Waals surface area contributed by atoms with Crippen LogP contribution in [0.5, 0.6) is 0 Å². The predicted molar refractivity (Wildman–Crippen MR) is 117 cm³/mol. The quantitative estimate of drug-likeness (QED) is 0.486. The lowest BCUT2D eigenvalue weighted by atomic mass is 10.1. The van der Waals surface area contributed by atoms with E-state index in [-0.39, 0.29) is 5.56 Å². The number of benzene rings is 2. The van der Waals surface area contributed by atoms with Gasteiger partial charge in [-0.25, -0.2) is 4.79 Å². The van der Waals surface area contributed by atoms with E-state index in [1.807, 2.05) is 25.1 Å². The lowest BCUT2D eigenvalue weighted by molar-refractivity contribution is 0.432. The second-order valence-electron chi connectivity index (χ2n) is 7.58. The van der Waals surface area contributed by atoms with Crippen LogP contribution in [0, 0.1) is 13.8 Å². The first-order valence-electron chi connectivity index (χ1n) is 10.2. The van der Waals surface area contributed by atoms with E-state index in [1.54, 1.807) is 18.2 Å². The van der Waals surface area contributed by atoms with Gasteiger partial charge >= 0.3 is 5.69 Å². The SMILES string of the molecule is CCCCCn1c(=O)[nH]c2cc(-c3nc(-c4ccc(C)c(C)c4)no3)ccc2c1=O. The fourth-order valence-corrected chi connectivity index (χ4v) is 3.45. The average Bonchev–Trinajstić information content (AvgIpc) is 3.22. The van der Waals surface area contributed by atoms with E-state index in [2.05, 4.69) is 29.0 Å². The highest BCUT2D eigenvalue weighted by atomic mass is 16.5. The molecular weight excluding hydrogens is 380 g/mol. The van der Waals surface area contributed by atoms with Gasteiger partial charge in [0, 0.05) is 17.7 Å². The van der Waals surface area contributed by atoms with Crippen LogP contribution in [0.3, 0.4) is 0 Å². The molecule has 30 heavy (non-hydrogen) atoms. The Morgan fingerprint density at radius 2 is 1.80 bits per heavy atom. The van der Waals surface area contributed by atoms with Crippen LogP contribution in [-0.4, -0.2) is 19.7 Å². The summed E-state index contributed by atoms with van der Waals surface area (Å²) in [5.41, 5.74) is 3.64. The molecule has 0 amide bonds. The number of fused-ring (bicyclic) bond motifs is 1. The van der Waals surface area contributed by atoms with Gasteiger partial charge in [0.25, 0.3) is 11.4 Å². The Kier molecular flexibility index (Phi) is 5.35. The smallest absolute Gasteiger partial charge is 0.328 e. The van der Waals surface area contributed by atoms with Crippen molar-refractivity contribution in [3.05, 3.63) is 68.4 Å². The second-order valence-corrected chi connectivity index (χ2v) is 7.58. The summed E-state index contributed by atoms with van der Waals surface area (Å²) in [5, 5.41) is 4.54. The van der Waals surface area contributed by atoms with Crippen LogP contribution in [0.1, 0.15) is 37.3 Å². The third kappa shape index (κ3) is 3.70. The molecule has 0 atom stereocenters. The van der Waals surface area contributed by atoms with Crippen LogP contribution in [0.2, 0.25) is 0 Å². The molecule has 4 rings (SSSR count). The molecule has 7 heteroatoms. The minimum atomic E-state index is -0.401. The molecule has 2 aromatic carbocycles. The lowest BCUT2D eigenvalue weighted by Crippen LogP contribution is -2.35. The Balaban J connectivity index is 1.70. The van der Waals surface area contributed by atoms with Gasteiger partial charge in [-0.2, -0.15) is 4.98 Å². The minimum Gasteiger partial charge on any atom is -0.334 e. The maximum absolute atomic E-state index is 12.7. The Hall–Kier alpha value is -3.48. The standard InChI is InChI=1S/C23H24N4O3/c1-4-5-6-11-27-22(28)18-10-9-17(13-19(18)24-23(27)29)21-25-20(26-30-21)16-8-7-14(2)15(3)12-16/h7-10,12-13H,4-6,11H2,1-3H3,(H,24,29). The number of unbranched alkanes of at least 4 members (excludes halogenated alkanes) is 2. The molecule has 0 aliphatic heterocycles. The summed E-state index contributed by atoms with van der Waals surface area (Å²) in [5.74, 6) is 0.825. The topological polar surface area (TPSA) is 93.8 Å². The molecule has 4 aromatic rings. The number of rotatable bonds is 6. The van der Waals surface area contributed by atoms with Gasteiger partial charge in [0.05, 0.1) is 10.9 Å². The highest BCUT2D eigenvalue weighted by Crippen LogP contribution is 2.25. The Bertz CT molecular complexity index is 1330. The molecule has 0 unspecified atom stereocenters. The van der Waals surface area contributed by atoms with E-state index in [4.69, 9.17) is 4.52 Å². The maximum Gasteiger partial charge on any atom is 0.328 e. The Morgan fingerprint density at radius 3 is 2.57 bits per heavy atom. The summed E-state index contributed by atoms with van der Waals surface area (Å²) < 4.78 is 6.70. The van der Waals surface area contributed by atoms with Gasteiger partial charge in [0.15, 0.2) is 0 Å². The van der Waals surface area contributed by atoms with Crippen LogP contribution in [0.25, 0.3) is 33.7 Å². The molecule has 0 saturated carbocycles. The summed E-state index contributed by atoms with van der Waals surface area (Å²) in [7, 11) is 0. The number of hydrogen-bond donors (Lipinski definition) is 1. The monoisotopic (exact) mass is 404 g/mol. The first kappa shape index (κ1) is 19.8. The van der Waals surface area contributed by atoms with Gasteiger partial charge < -0.3 is 9.51 Å². The maximum atomic E-state index is 12.7. The Labute approximate surface area is 173 Å². The molecule has 0 bridgehead atoms. The minimum absolute atomic E-state index is 0.280. The molecule has 0 fully saturated rings. The summed E-state index contributed by atoms with van der Waals surface area (Å²) in [6.45, 7) is 6.59. The average molecular weight is 404 g/mol. The molecule has 0 aliphatic rings. The number of aromatic amines is 1. The van der Waals surface area contributed by atoms with Crippen LogP contribution in [0.4, 0.5) is 0 Å². The highest BCUT2D eigenvalue weighted by molar-refractivity contribution is 5.82. The molecule has 0 radical (unpaired) electrons. The van der Waals surface area contributed by atoms with Crippen molar-refractivity contribution in [3.8, 4) is 22.8 Å². The van der Waals surface area contributed by atoms with E-state index < -0.39 is 5.69 Å². The summed E-state index contributed by atoms with van der Waals surface area (Å²) in [6.07, 6.45) is 2.80. The summed E-state index contributed by atoms with van der Waals surface area (Å²) in [6, 6.07) is 11.1. The number of H-pyrrole nitrogens is 1. The fraction of sp³-hybridized carbons (Fsp3) is 0.304. The van der Waals surface area contributed by atoms with Gasteiger partial charge in [-0.1, -0.05) is 37.1 Å². The Morgan fingerprint density at radius 1 is 1.00 bits per heavy atom. The summed E-state index contributed by atoms with van der Waals surface area (Å²) in [4.78, 5) is 32.4. The first-order chi connectivity index (χ1) is 14.5. The third-order valence-electron chi connectivity index (χ3n) is 5.41. The van der Waals surface area contributed by atoms with Gasteiger partial charge in [0.2, 0.25) is 5.82 Å². The zero-order valence-corrected chi connectivity index (χ0v) is 17.4. The van der Waals surface area contributed by atoms with E-state index in [1.165, 1.54) is 10.1 Å². The van der Waals surface area contributed by atoms with E-state index in [0.29, 0.717) is 34.7 Å². The van der Waals surface area contributed by atoms with Crippen molar-refractivity contribution in [1.29, 1.82) is 0 Å². The molecule has 0 spiro atoms. The molecule has 1 N–H and O–H groups in total. The molecule has 2 aromatic heterocycles. The van der Waals surface area contributed by atoms with Crippen molar-refractivity contribution in [2.75, 3.05) is 0 Å². The van der Waals surface area contributed by atoms with Crippen molar-refractivity contribution in [3.63, 3.8) is 0 Å². The zero-order valence-electron chi connectivity index (χ0n) is 17.4. The van der Waals surface area contributed by atoms with E-state index in [0.717, 1.165) is 30.4 Å². The number of nitrogens with zero attached hydrogens (tertiary/aromatic N) is 3. The second kappa shape index (κ2) is 8.10. The van der Waals surface area contributed by atoms with E-state index >= 15 is 0 Å². The zero-order chi connectivity index (χ0) is 21.3. The number of nitrogens with one attached hydrogen (secondary N) is 1. The van der Waals surface area contributed by atoms with Gasteiger partial charge in [-0.15, -0.1) is 0 Å². The van der Waals surface area contributed by atoms with Crippen LogP contribution >= 0.6 is 0 Å². The van der Waals surface area contributed by atoms with E-state index in [9.17, 15) is 9.59 Å². The van der Waals surface area contributed by atoms with Crippen molar-refractivity contribution < 1.29 is 4.52 Å². The molecule has 7 nitrogen and oxygen atoms in total. The molecule has 0 aliphatic carbocycles. The normalized spacial score (nSPS) is 11.3. The van der Waals surface area contributed by atoms with Gasteiger partial charge in [0.1, 0.15) is 0 Å². The highest BCUT2D eigenvalue weighted by Gasteiger charge is 2.14. The molecule has 2 heterocycles. The molecule has 154 valence electrons.